The van der Waals surface area contributed by atoms with E-state index in [1.165, 1.54) is 44.9 Å². The molecule has 0 aromatic carbocycles. The van der Waals surface area contributed by atoms with Crippen molar-refractivity contribution >= 4 is 25.7 Å². The summed E-state index contributed by atoms with van der Waals surface area (Å²) < 4.78 is 32.5. The van der Waals surface area contributed by atoms with E-state index in [0.717, 1.165) is 57.8 Å². The Morgan fingerprint density at radius 3 is 1.71 bits per heavy atom. The maximum absolute atomic E-state index is 12.6. The van der Waals surface area contributed by atoms with Crippen LogP contribution in [0.5, 0.6) is 0 Å². The van der Waals surface area contributed by atoms with E-state index in [-0.39, 0.29) is 25.7 Å². The second-order valence-electron chi connectivity index (χ2n) is 14.5. The van der Waals surface area contributed by atoms with Crippen molar-refractivity contribution < 1.29 is 57.7 Å². The molecule has 0 aliphatic heterocycles. The highest BCUT2D eigenvalue weighted by Gasteiger charge is 2.28. The summed E-state index contributed by atoms with van der Waals surface area (Å²) in [6.07, 6.45) is 36.4. The lowest BCUT2D eigenvalue weighted by Crippen LogP contribution is -2.34. The van der Waals surface area contributed by atoms with E-state index in [2.05, 4.69) is 30.5 Å². The topological polar surface area (TPSA) is 212 Å². The number of hydrogen-bond acceptors (Lipinski definition) is 11. The van der Waals surface area contributed by atoms with Crippen molar-refractivity contribution in [2.24, 2.45) is 5.73 Å². The standard InChI is InChI=1S/C44H76NO12P/c1-3-5-7-8-9-10-11-12-13-14-15-16-20-23-27-33-42(48)54-35-40(36-55-58(52,53)56-37-41(45)44(50)51)57-43(49)34-28-32-39(47)31-26-22-19-17-18-21-25-30-38(46)29-24-6-4-2/h10-11,18-19,21-22,25-26,30-31,38-41,46-47H,3-9,12-17,20,23-24,27-29,32-37,45H2,1-2H3,(H,50,51)(H,52,53)/b11-10-,21-18-,22-19-,30-25+,31-26+/t38-,39-,40-,41+/m1/s1. The van der Waals surface area contributed by atoms with Gasteiger partial charge in [0.25, 0.3) is 0 Å². The molecular formula is C44H76NO12P. The number of phosphoric acid groups is 1. The summed E-state index contributed by atoms with van der Waals surface area (Å²) in [5, 5.41) is 29.0. The molecule has 13 nitrogen and oxygen atoms in total. The number of carbonyl (C=O) groups excluding carboxylic acids is 2. The number of nitrogens with two attached hydrogens (primary N) is 1. The number of aliphatic hydroxyl groups excluding tert-OH is 2. The summed E-state index contributed by atoms with van der Waals surface area (Å²) in [6.45, 7) is 2.44. The van der Waals surface area contributed by atoms with Crippen LogP contribution >= 0.6 is 7.82 Å². The molecule has 0 aromatic heterocycles. The van der Waals surface area contributed by atoms with Crippen LogP contribution < -0.4 is 5.73 Å². The van der Waals surface area contributed by atoms with Crippen LogP contribution in [0.2, 0.25) is 0 Å². The number of aliphatic carboxylic acids is 1. The lowest BCUT2D eigenvalue weighted by molar-refractivity contribution is -0.161. The summed E-state index contributed by atoms with van der Waals surface area (Å²) in [5.41, 5.74) is 5.31. The molecule has 0 rings (SSSR count). The van der Waals surface area contributed by atoms with Gasteiger partial charge in [0, 0.05) is 12.8 Å². The maximum atomic E-state index is 12.6. The molecule has 1 unspecified atom stereocenters. The highest BCUT2D eigenvalue weighted by molar-refractivity contribution is 7.47. The highest BCUT2D eigenvalue weighted by Crippen LogP contribution is 2.43. The molecular weight excluding hydrogens is 765 g/mol. The van der Waals surface area contributed by atoms with Gasteiger partial charge in [0.15, 0.2) is 6.10 Å². The number of esters is 2. The van der Waals surface area contributed by atoms with Gasteiger partial charge in [0.05, 0.1) is 25.4 Å². The number of carboxylic acid groups (broad SMARTS) is 1. The molecule has 58 heavy (non-hydrogen) atoms. The van der Waals surface area contributed by atoms with Crippen LogP contribution in [0.1, 0.15) is 155 Å². The predicted octanol–water partition coefficient (Wildman–Crippen LogP) is 9.11. The molecule has 5 atom stereocenters. The number of rotatable bonds is 39. The Balaban J connectivity index is 4.63. The first-order chi connectivity index (χ1) is 27.9. The molecule has 334 valence electrons. The van der Waals surface area contributed by atoms with E-state index in [0.29, 0.717) is 12.8 Å². The quantitative estimate of drug-likeness (QED) is 0.0129. The molecule has 0 radical (unpaired) electrons. The Morgan fingerprint density at radius 2 is 1.12 bits per heavy atom. The molecule has 0 aliphatic carbocycles. The second kappa shape index (κ2) is 38.3. The summed E-state index contributed by atoms with van der Waals surface area (Å²) >= 11 is 0. The Kier molecular flexibility index (Phi) is 36.4. The molecule has 0 aliphatic rings. The van der Waals surface area contributed by atoms with Crippen molar-refractivity contribution in [2.75, 3.05) is 19.8 Å². The zero-order valence-corrected chi connectivity index (χ0v) is 36.2. The smallest absolute Gasteiger partial charge is 0.472 e. The number of unbranched alkanes of at least 4 members (excludes halogenated alkanes) is 13. The number of allylic oxidation sites excluding steroid dienone is 8. The summed E-state index contributed by atoms with van der Waals surface area (Å²) in [7, 11) is -4.78. The van der Waals surface area contributed by atoms with Crippen molar-refractivity contribution in [1.82, 2.24) is 0 Å². The summed E-state index contributed by atoms with van der Waals surface area (Å²) in [5.74, 6) is -2.65. The monoisotopic (exact) mass is 842 g/mol. The molecule has 0 heterocycles. The fourth-order valence-corrected chi connectivity index (χ4v) is 6.23. The molecule has 0 saturated heterocycles. The molecule has 0 aromatic rings. The first kappa shape index (κ1) is 55.1. The number of carbonyl (C=O) groups is 3. The van der Waals surface area contributed by atoms with Crippen LogP contribution in [0.4, 0.5) is 0 Å². The van der Waals surface area contributed by atoms with Crippen molar-refractivity contribution in [3.63, 3.8) is 0 Å². The third kappa shape index (κ3) is 37.4. The minimum atomic E-state index is -4.78. The highest BCUT2D eigenvalue weighted by atomic mass is 31.2. The number of hydrogen-bond donors (Lipinski definition) is 5. The van der Waals surface area contributed by atoms with Gasteiger partial charge in [-0.05, 0) is 57.8 Å². The first-order valence-electron chi connectivity index (χ1n) is 21.5. The van der Waals surface area contributed by atoms with Crippen molar-refractivity contribution in [2.45, 2.75) is 179 Å². The van der Waals surface area contributed by atoms with Crippen LogP contribution in [0.25, 0.3) is 0 Å². The van der Waals surface area contributed by atoms with E-state index >= 15 is 0 Å². The van der Waals surface area contributed by atoms with Crippen LogP contribution in [-0.4, -0.2) is 82.3 Å². The van der Waals surface area contributed by atoms with Gasteiger partial charge in [0.2, 0.25) is 0 Å². The van der Waals surface area contributed by atoms with Crippen LogP contribution in [0.3, 0.4) is 0 Å². The third-order valence-electron chi connectivity index (χ3n) is 8.95. The van der Waals surface area contributed by atoms with Gasteiger partial charge in [-0.3, -0.25) is 23.4 Å². The average Bonchev–Trinajstić information content (AvgIpc) is 3.18. The summed E-state index contributed by atoms with van der Waals surface area (Å²) in [4.78, 5) is 45.9. The largest absolute Gasteiger partial charge is 0.480 e. The van der Waals surface area contributed by atoms with E-state index in [4.69, 9.17) is 24.8 Å². The molecule has 0 fully saturated rings. The lowest BCUT2D eigenvalue weighted by Gasteiger charge is -2.20. The lowest BCUT2D eigenvalue weighted by atomic mass is 10.1. The Hall–Kier alpha value is -2.90. The molecule has 0 bridgehead atoms. The molecule has 0 amide bonds. The first-order valence-corrected chi connectivity index (χ1v) is 23.0. The van der Waals surface area contributed by atoms with Gasteiger partial charge in [-0.1, -0.05) is 145 Å². The molecule has 0 spiro atoms. The third-order valence-corrected chi connectivity index (χ3v) is 9.90. The maximum Gasteiger partial charge on any atom is 0.472 e. The average molecular weight is 842 g/mol. The van der Waals surface area contributed by atoms with Crippen LogP contribution in [0, 0.1) is 0 Å². The minimum absolute atomic E-state index is 0.0899. The fraction of sp³-hybridized carbons (Fsp3) is 0.705. The number of phosphoric ester groups is 1. The number of ether oxygens (including phenoxy) is 2. The van der Waals surface area contributed by atoms with Gasteiger partial charge in [-0.2, -0.15) is 0 Å². The van der Waals surface area contributed by atoms with Crippen molar-refractivity contribution in [3.05, 3.63) is 60.8 Å². The minimum Gasteiger partial charge on any atom is -0.480 e. The predicted molar refractivity (Wildman–Crippen MR) is 229 cm³/mol. The number of carboxylic acids is 1. The van der Waals surface area contributed by atoms with Crippen molar-refractivity contribution in [3.8, 4) is 0 Å². The normalized spacial score (nSPS) is 15.4. The van der Waals surface area contributed by atoms with Crippen LogP contribution in [-0.2, 0) is 37.5 Å². The Labute approximate surface area is 348 Å². The summed E-state index contributed by atoms with van der Waals surface area (Å²) in [6, 6.07) is -1.56. The Bertz CT molecular complexity index is 1250. The van der Waals surface area contributed by atoms with Crippen molar-refractivity contribution in [1.29, 1.82) is 0 Å². The van der Waals surface area contributed by atoms with Gasteiger partial charge >= 0.3 is 25.7 Å². The Morgan fingerprint density at radius 1 is 0.621 bits per heavy atom. The van der Waals surface area contributed by atoms with Gasteiger partial charge in [-0.15, -0.1) is 0 Å². The van der Waals surface area contributed by atoms with Gasteiger partial charge in [0.1, 0.15) is 12.6 Å². The fourth-order valence-electron chi connectivity index (χ4n) is 5.45. The second-order valence-corrected chi connectivity index (χ2v) is 16.0. The molecule has 6 N–H and O–H groups in total. The SMILES string of the molecule is CCCCCC/C=C\CCCCCCCCCC(=O)OC[C@H](COP(=O)(O)OC[C@H](N)C(=O)O)OC(=O)CCC[C@H](O)/C=C/C=C\C/C=C\C=C\[C@H](O)CCCCC. The zero-order valence-electron chi connectivity index (χ0n) is 35.3. The number of aliphatic hydroxyl groups is 2. The van der Waals surface area contributed by atoms with Gasteiger partial charge < -0.3 is 35.4 Å². The van der Waals surface area contributed by atoms with E-state index in [1.54, 1.807) is 24.3 Å². The zero-order chi connectivity index (χ0) is 43.1. The van der Waals surface area contributed by atoms with Gasteiger partial charge in [-0.25, -0.2) is 4.57 Å². The van der Waals surface area contributed by atoms with E-state index in [1.807, 2.05) is 24.3 Å². The molecule has 0 saturated carbocycles. The van der Waals surface area contributed by atoms with E-state index < -0.39 is 69.9 Å². The van der Waals surface area contributed by atoms with E-state index in [9.17, 15) is 34.1 Å². The molecule has 14 heteroatoms. The van der Waals surface area contributed by atoms with Crippen LogP contribution in [0.15, 0.2) is 60.8 Å².